The quantitative estimate of drug-likeness (QED) is 0.701. The molecule has 1 N–H and O–H groups in total. The molecule has 0 saturated carbocycles. The van der Waals surface area contributed by atoms with Crippen molar-refractivity contribution in [3.05, 3.63) is 29.3 Å². The lowest BCUT2D eigenvalue weighted by Crippen LogP contribution is -2.21. The predicted octanol–water partition coefficient (Wildman–Crippen LogP) is 1.36. The first-order valence-corrected chi connectivity index (χ1v) is 6.31. The van der Waals surface area contributed by atoms with Crippen LogP contribution in [0.5, 0.6) is 0 Å². The van der Waals surface area contributed by atoms with Crippen molar-refractivity contribution in [1.82, 2.24) is 4.72 Å². The molecule has 74 valence electrons. The summed E-state index contributed by atoms with van der Waals surface area (Å²) in [5.41, 5.74) is 2.23. The summed E-state index contributed by atoms with van der Waals surface area (Å²) < 4.78 is 26.1. The van der Waals surface area contributed by atoms with Crippen LogP contribution in [0, 0.1) is 0 Å². The fraction of sp³-hybridized carbons (Fsp3) is 0.400. The molecule has 3 rings (SSSR count). The van der Waals surface area contributed by atoms with Crippen LogP contribution in [-0.2, 0) is 16.4 Å². The molecule has 1 heterocycles. The van der Waals surface area contributed by atoms with Crippen LogP contribution < -0.4 is 4.72 Å². The fourth-order valence-corrected chi connectivity index (χ4v) is 4.00. The molecule has 1 aliphatic heterocycles. The highest BCUT2D eigenvalue weighted by Gasteiger charge is 2.36. The van der Waals surface area contributed by atoms with Crippen LogP contribution in [0.4, 0.5) is 0 Å². The van der Waals surface area contributed by atoms with Crippen LogP contribution in [0.1, 0.15) is 30.0 Å². The van der Waals surface area contributed by atoms with E-state index in [2.05, 4.69) is 4.72 Å². The Morgan fingerprint density at radius 1 is 1.36 bits per heavy atom. The van der Waals surface area contributed by atoms with E-state index in [-0.39, 0.29) is 6.04 Å². The summed E-state index contributed by atoms with van der Waals surface area (Å²) in [6.45, 7) is 0. The van der Waals surface area contributed by atoms with E-state index < -0.39 is 10.0 Å². The van der Waals surface area contributed by atoms with Crippen molar-refractivity contribution >= 4 is 10.0 Å². The van der Waals surface area contributed by atoms with Crippen molar-refractivity contribution in [1.29, 1.82) is 0 Å². The van der Waals surface area contributed by atoms with Gasteiger partial charge in [-0.2, -0.15) is 0 Å². The van der Waals surface area contributed by atoms with Crippen molar-refractivity contribution in [3.8, 4) is 0 Å². The van der Waals surface area contributed by atoms with Gasteiger partial charge in [-0.25, -0.2) is 13.1 Å². The molecule has 4 heteroatoms. The van der Waals surface area contributed by atoms with E-state index in [0.717, 1.165) is 24.8 Å². The maximum Gasteiger partial charge on any atom is 0.241 e. The second kappa shape index (κ2) is 2.58. The van der Waals surface area contributed by atoms with Crippen LogP contribution in [0.3, 0.4) is 0 Å². The van der Waals surface area contributed by atoms with E-state index in [1.54, 1.807) is 6.07 Å². The van der Waals surface area contributed by atoms with Gasteiger partial charge in [-0.15, -0.1) is 0 Å². The largest absolute Gasteiger partial charge is 0.241 e. The molecule has 1 aromatic rings. The third-order valence-corrected chi connectivity index (χ3v) is 4.56. The molecule has 1 aromatic carbocycles. The number of hydrogen-bond donors (Lipinski definition) is 1. The number of hydrogen-bond acceptors (Lipinski definition) is 2. The SMILES string of the molecule is O=S1(=O)NC2CCCc3cccc1c32. The topological polar surface area (TPSA) is 46.2 Å². The van der Waals surface area contributed by atoms with Crippen LogP contribution in [0.15, 0.2) is 23.1 Å². The Balaban J connectivity index is 2.35. The van der Waals surface area contributed by atoms with E-state index in [1.165, 1.54) is 5.56 Å². The second-order valence-corrected chi connectivity index (χ2v) is 5.58. The average molecular weight is 209 g/mol. The highest BCUT2D eigenvalue weighted by atomic mass is 32.2. The number of rotatable bonds is 0. The second-order valence-electron chi connectivity index (χ2n) is 3.90. The molecular weight excluding hydrogens is 198 g/mol. The molecule has 0 spiro atoms. The minimum absolute atomic E-state index is 0.0416. The summed E-state index contributed by atoms with van der Waals surface area (Å²) in [6.07, 6.45) is 3.02. The molecule has 1 atom stereocenters. The highest BCUT2D eigenvalue weighted by Crippen LogP contribution is 2.39. The van der Waals surface area contributed by atoms with Crippen molar-refractivity contribution in [2.45, 2.75) is 30.2 Å². The Morgan fingerprint density at radius 2 is 2.21 bits per heavy atom. The highest BCUT2D eigenvalue weighted by molar-refractivity contribution is 7.89. The summed E-state index contributed by atoms with van der Waals surface area (Å²) in [6, 6.07) is 5.61. The van der Waals surface area contributed by atoms with Crippen molar-refractivity contribution < 1.29 is 8.42 Å². The molecule has 0 bridgehead atoms. The van der Waals surface area contributed by atoms with Crippen LogP contribution in [0.2, 0.25) is 0 Å². The minimum atomic E-state index is -3.20. The smallest absolute Gasteiger partial charge is 0.207 e. The van der Waals surface area contributed by atoms with Crippen LogP contribution >= 0.6 is 0 Å². The third kappa shape index (κ3) is 0.980. The fourth-order valence-electron chi connectivity index (χ4n) is 2.45. The Bertz CT molecular complexity index is 493. The zero-order valence-corrected chi connectivity index (χ0v) is 8.47. The summed E-state index contributed by atoms with van der Waals surface area (Å²) in [5, 5.41) is 0. The van der Waals surface area contributed by atoms with Crippen molar-refractivity contribution in [3.63, 3.8) is 0 Å². The molecule has 0 fully saturated rings. The van der Waals surface area contributed by atoms with Gasteiger partial charge >= 0.3 is 0 Å². The maximum absolute atomic E-state index is 11.7. The van der Waals surface area contributed by atoms with Gasteiger partial charge in [0, 0.05) is 6.04 Å². The number of benzene rings is 1. The Hall–Kier alpha value is -0.870. The van der Waals surface area contributed by atoms with E-state index >= 15 is 0 Å². The predicted molar refractivity (Wildman–Crippen MR) is 52.4 cm³/mol. The lowest BCUT2D eigenvalue weighted by atomic mass is 9.88. The molecule has 2 aliphatic rings. The first-order valence-electron chi connectivity index (χ1n) is 4.82. The monoisotopic (exact) mass is 209 g/mol. The van der Waals surface area contributed by atoms with Crippen LogP contribution in [0.25, 0.3) is 0 Å². The summed E-state index contributed by atoms with van der Waals surface area (Å²) in [7, 11) is -3.20. The first kappa shape index (κ1) is 8.44. The van der Waals surface area contributed by atoms with Gasteiger partial charge in [-0.3, -0.25) is 0 Å². The Labute approximate surface area is 83.2 Å². The Morgan fingerprint density at radius 3 is 3.07 bits per heavy atom. The van der Waals surface area contributed by atoms with Gasteiger partial charge in [0.1, 0.15) is 0 Å². The van der Waals surface area contributed by atoms with Gasteiger partial charge in [-0.1, -0.05) is 12.1 Å². The average Bonchev–Trinajstić information content (AvgIpc) is 2.41. The number of nitrogens with one attached hydrogen (secondary N) is 1. The van der Waals surface area contributed by atoms with Gasteiger partial charge in [0.2, 0.25) is 10.0 Å². The van der Waals surface area contributed by atoms with Crippen molar-refractivity contribution in [2.75, 3.05) is 0 Å². The molecular formula is C10H11NO2S. The molecule has 14 heavy (non-hydrogen) atoms. The summed E-state index contributed by atoms with van der Waals surface area (Å²) in [4.78, 5) is 0.500. The van der Waals surface area contributed by atoms with Gasteiger partial charge in [0.15, 0.2) is 0 Å². The van der Waals surface area contributed by atoms with Crippen molar-refractivity contribution in [2.24, 2.45) is 0 Å². The number of aryl methyl sites for hydroxylation is 1. The molecule has 0 amide bonds. The van der Waals surface area contributed by atoms with Gasteiger partial charge in [0.25, 0.3) is 0 Å². The summed E-state index contributed by atoms with van der Waals surface area (Å²) in [5.74, 6) is 0. The number of sulfonamides is 1. The molecule has 1 unspecified atom stereocenters. The van der Waals surface area contributed by atoms with Crippen LogP contribution in [-0.4, -0.2) is 8.42 Å². The van der Waals surface area contributed by atoms with E-state index in [4.69, 9.17) is 0 Å². The standard InChI is InChI=1S/C10H11NO2S/c12-14(13)9-6-2-4-7-3-1-5-8(11-14)10(7)9/h2,4,6,8,11H,1,3,5H2. The third-order valence-electron chi connectivity index (χ3n) is 3.03. The normalized spacial score (nSPS) is 27.3. The van der Waals surface area contributed by atoms with E-state index in [1.807, 2.05) is 12.1 Å². The minimum Gasteiger partial charge on any atom is -0.207 e. The molecule has 0 aromatic heterocycles. The Kier molecular flexibility index (Phi) is 1.56. The molecule has 3 nitrogen and oxygen atoms in total. The van der Waals surface area contributed by atoms with Gasteiger partial charge < -0.3 is 0 Å². The maximum atomic E-state index is 11.7. The molecule has 0 radical (unpaired) electrons. The lowest BCUT2D eigenvalue weighted by molar-refractivity contribution is 0.528. The zero-order chi connectivity index (χ0) is 9.76. The molecule has 1 aliphatic carbocycles. The zero-order valence-electron chi connectivity index (χ0n) is 7.66. The van der Waals surface area contributed by atoms with E-state index in [9.17, 15) is 8.42 Å². The molecule has 0 saturated heterocycles. The van der Waals surface area contributed by atoms with E-state index in [0.29, 0.717) is 4.90 Å². The van der Waals surface area contributed by atoms with Gasteiger partial charge in [0.05, 0.1) is 4.90 Å². The van der Waals surface area contributed by atoms with Gasteiger partial charge in [-0.05, 0) is 36.5 Å². The summed E-state index contributed by atoms with van der Waals surface area (Å²) >= 11 is 0. The lowest BCUT2D eigenvalue weighted by Gasteiger charge is -2.19. The first-order chi connectivity index (χ1) is 6.68.